The van der Waals surface area contributed by atoms with Crippen LogP contribution in [0.25, 0.3) is 0 Å². The zero-order valence-electron chi connectivity index (χ0n) is 13.4. The Balaban J connectivity index is 0.000000796. The fourth-order valence-electron chi connectivity index (χ4n) is 2.42. The standard InChI is InChI=1S/C15H24O.H3O3P/c1-10-8-9-11(16)13(15(5,6)7)12(10)14(2,3)4;1-4(2)3/h8-9,16H,1-7H3;1-3H. The van der Waals surface area contributed by atoms with Gasteiger partial charge in [0.2, 0.25) is 0 Å². The Kier molecular flexibility index (Phi) is 6.63. The molecule has 1 aromatic carbocycles. The van der Waals surface area contributed by atoms with Crippen molar-refractivity contribution in [1.29, 1.82) is 0 Å². The third-order valence-electron chi connectivity index (χ3n) is 2.89. The Hall–Kier alpha value is -0.670. The molecular formula is C15H27O4P. The fourth-order valence-corrected chi connectivity index (χ4v) is 2.42. The van der Waals surface area contributed by atoms with Crippen LogP contribution in [0.1, 0.15) is 58.2 Å². The monoisotopic (exact) mass is 302 g/mol. The van der Waals surface area contributed by atoms with Crippen molar-refractivity contribution >= 4 is 8.60 Å². The molecule has 0 spiro atoms. The van der Waals surface area contributed by atoms with Gasteiger partial charge in [-0.2, -0.15) is 0 Å². The van der Waals surface area contributed by atoms with Gasteiger partial charge < -0.3 is 19.8 Å². The summed E-state index contributed by atoms with van der Waals surface area (Å²) >= 11 is 0. The molecule has 0 bridgehead atoms. The van der Waals surface area contributed by atoms with E-state index in [0.29, 0.717) is 5.75 Å². The maximum Gasteiger partial charge on any atom is 0.324 e. The van der Waals surface area contributed by atoms with E-state index in [2.05, 4.69) is 48.5 Å². The lowest BCUT2D eigenvalue weighted by Crippen LogP contribution is -2.23. The normalized spacial score (nSPS) is 12.2. The summed E-state index contributed by atoms with van der Waals surface area (Å²) in [5.74, 6) is 0.419. The van der Waals surface area contributed by atoms with Crippen LogP contribution in [0, 0.1) is 6.92 Å². The molecule has 0 heterocycles. The number of hydrogen-bond donors (Lipinski definition) is 4. The molecule has 0 amide bonds. The predicted octanol–water partition coefficient (Wildman–Crippen LogP) is 3.49. The highest BCUT2D eigenvalue weighted by atomic mass is 31.2. The number of aromatic hydroxyl groups is 1. The minimum atomic E-state index is -2.62. The van der Waals surface area contributed by atoms with Crippen molar-refractivity contribution in [3.63, 3.8) is 0 Å². The van der Waals surface area contributed by atoms with Crippen LogP contribution < -0.4 is 0 Å². The van der Waals surface area contributed by atoms with Crippen molar-refractivity contribution < 1.29 is 19.8 Å². The number of rotatable bonds is 0. The van der Waals surface area contributed by atoms with Gasteiger partial charge in [0.05, 0.1) is 0 Å². The van der Waals surface area contributed by atoms with Crippen LogP contribution in [0.2, 0.25) is 0 Å². The summed E-state index contributed by atoms with van der Waals surface area (Å²) in [6.45, 7) is 15.2. The van der Waals surface area contributed by atoms with Crippen LogP contribution in [-0.2, 0) is 10.8 Å². The second-order valence-electron chi connectivity index (χ2n) is 6.92. The Morgan fingerprint density at radius 1 is 0.800 bits per heavy atom. The number of aryl methyl sites for hydroxylation is 1. The van der Waals surface area contributed by atoms with Gasteiger partial charge in [0.15, 0.2) is 0 Å². The number of phenolic OH excluding ortho intramolecular Hbond substituents is 1. The van der Waals surface area contributed by atoms with E-state index in [0.717, 1.165) is 5.56 Å². The van der Waals surface area contributed by atoms with E-state index in [1.807, 2.05) is 12.1 Å². The van der Waals surface area contributed by atoms with E-state index < -0.39 is 8.60 Å². The summed E-state index contributed by atoms with van der Waals surface area (Å²) in [6.07, 6.45) is 0. The van der Waals surface area contributed by atoms with E-state index in [1.54, 1.807) is 0 Å². The number of hydrogen-bond acceptors (Lipinski definition) is 4. The molecule has 0 saturated heterocycles. The van der Waals surface area contributed by atoms with Gasteiger partial charge in [0, 0.05) is 5.56 Å². The SMILES string of the molecule is Cc1ccc(O)c(C(C)(C)C)c1C(C)(C)C.OP(O)O. The quantitative estimate of drug-likeness (QED) is 0.553. The van der Waals surface area contributed by atoms with Crippen molar-refractivity contribution in [3.8, 4) is 5.75 Å². The fraction of sp³-hybridized carbons (Fsp3) is 0.600. The van der Waals surface area contributed by atoms with Gasteiger partial charge in [-0.3, -0.25) is 0 Å². The third kappa shape index (κ3) is 5.76. The smallest absolute Gasteiger partial charge is 0.324 e. The Labute approximate surface area is 123 Å². The molecule has 0 saturated carbocycles. The van der Waals surface area contributed by atoms with Crippen molar-refractivity contribution in [2.75, 3.05) is 0 Å². The molecule has 0 unspecified atom stereocenters. The molecule has 4 nitrogen and oxygen atoms in total. The Morgan fingerprint density at radius 2 is 1.15 bits per heavy atom. The first-order chi connectivity index (χ1) is 8.78. The molecule has 0 aromatic heterocycles. The topological polar surface area (TPSA) is 80.9 Å². The summed E-state index contributed by atoms with van der Waals surface area (Å²) in [6, 6.07) is 3.82. The summed E-state index contributed by atoms with van der Waals surface area (Å²) in [5.41, 5.74) is 3.65. The van der Waals surface area contributed by atoms with Gasteiger partial charge in [-0.1, -0.05) is 47.6 Å². The van der Waals surface area contributed by atoms with E-state index in [4.69, 9.17) is 14.7 Å². The lowest BCUT2D eigenvalue weighted by molar-refractivity contribution is 0.368. The van der Waals surface area contributed by atoms with Gasteiger partial charge in [0.25, 0.3) is 0 Å². The average molecular weight is 302 g/mol. The van der Waals surface area contributed by atoms with Crippen molar-refractivity contribution in [3.05, 3.63) is 28.8 Å². The van der Waals surface area contributed by atoms with Gasteiger partial charge in [0.1, 0.15) is 5.75 Å². The zero-order chi connectivity index (χ0) is 16.3. The van der Waals surface area contributed by atoms with Crippen LogP contribution in [0.3, 0.4) is 0 Å². The van der Waals surface area contributed by atoms with Crippen LogP contribution in [0.15, 0.2) is 12.1 Å². The average Bonchev–Trinajstić information content (AvgIpc) is 2.16. The lowest BCUT2D eigenvalue weighted by Gasteiger charge is -2.32. The highest BCUT2D eigenvalue weighted by molar-refractivity contribution is 7.38. The van der Waals surface area contributed by atoms with Gasteiger partial charge in [-0.25, -0.2) is 0 Å². The molecule has 5 heteroatoms. The van der Waals surface area contributed by atoms with Crippen LogP contribution in [-0.4, -0.2) is 19.8 Å². The molecule has 0 aliphatic rings. The number of phenols is 1. The summed E-state index contributed by atoms with van der Waals surface area (Å²) in [5, 5.41) is 10.1. The molecule has 20 heavy (non-hydrogen) atoms. The molecule has 4 N–H and O–H groups in total. The molecule has 116 valence electrons. The molecule has 0 radical (unpaired) electrons. The summed E-state index contributed by atoms with van der Waals surface area (Å²) in [4.78, 5) is 21.7. The summed E-state index contributed by atoms with van der Waals surface area (Å²) in [7, 11) is -2.62. The first kappa shape index (κ1) is 19.3. The minimum Gasteiger partial charge on any atom is -0.508 e. The first-order valence-corrected chi connectivity index (χ1v) is 7.68. The Morgan fingerprint density at radius 3 is 1.40 bits per heavy atom. The van der Waals surface area contributed by atoms with E-state index in [-0.39, 0.29) is 10.8 Å². The molecule has 0 aliphatic carbocycles. The zero-order valence-corrected chi connectivity index (χ0v) is 14.3. The highest BCUT2D eigenvalue weighted by Gasteiger charge is 2.29. The second-order valence-corrected chi connectivity index (χ2v) is 7.46. The third-order valence-corrected chi connectivity index (χ3v) is 2.89. The van der Waals surface area contributed by atoms with Crippen LogP contribution in [0.5, 0.6) is 5.75 Å². The van der Waals surface area contributed by atoms with E-state index >= 15 is 0 Å². The van der Waals surface area contributed by atoms with Crippen LogP contribution >= 0.6 is 8.60 Å². The van der Waals surface area contributed by atoms with Crippen molar-refractivity contribution in [2.45, 2.75) is 59.3 Å². The molecule has 1 aromatic rings. The van der Waals surface area contributed by atoms with Crippen molar-refractivity contribution in [2.24, 2.45) is 0 Å². The summed E-state index contributed by atoms with van der Waals surface area (Å²) < 4.78 is 0. The van der Waals surface area contributed by atoms with Gasteiger partial charge in [-0.05, 0) is 34.9 Å². The van der Waals surface area contributed by atoms with Crippen molar-refractivity contribution in [1.82, 2.24) is 0 Å². The minimum absolute atomic E-state index is 0.0291. The molecule has 0 aliphatic heterocycles. The lowest BCUT2D eigenvalue weighted by atomic mass is 9.73. The van der Waals surface area contributed by atoms with Gasteiger partial charge >= 0.3 is 8.60 Å². The van der Waals surface area contributed by atoms with E-state index in [1.165, 1.54) is 11.1 Å². The largest absolute Gasteiger partial charge is 0.508 e. The number of benzene rings is 1. The molecule has 0 atom stereocenters. The molecule has 0 fully saturated rings. The maximum atomic E-state index is 10.1. The predicted molar refractivity (Wildman–Crippen MR) is 83.8 cm³/mol. The maximum absolute atomic E-state index is 10.1. The second kappa shape index (κ2) is 6.86. The van der Waals surface area contributed by atoms with Gasteiger partial charge in [-0.15, -0.1) is 0 Å². The Bertz CT molecular complexity index is 401. The van der Waals surface area contributed by atoms with E-state index in [9.17, 15) is 5.11 Å². The van der Waals surface area contributed by atoms with Crippen LogP contribution in [0.4, 0.5) is 0 Å². The highest BCUT2D eigenvalue weighted by Crippen LogP contribution is 2.40. The molecule has 1 rings (SSSR count). The molecular weight excluding hydrogens is 275 g/mol. The first-order valence-electron chi connectivity index (χ1n) is 6.48.